The van der Waals surface area contributed by atoms with Crippen molar-refractivity contribution < 1.29 is 4.79 Å². The predicted molar refractivity (Wildman–Crippen MR) is 123 cm³/mol. The molecule has 0 aromatic rings. The highest BCUT2D eigenvalue weighted by molar-refractivity contribution is 5.95. The van der Waals surface area contributed by atoms with E-state index in [4.69, 9.17) is 0 Å². The zero-order chi connectivity index (χ0) is 21.4. The van der Waals surface area contributed by atoms with Crippen LogP contribution in [0.2, 0.25) is 0 Å². The molecule has 0 N–H and O–H groups in total. The zero-order valence-corrected chi connectivity index (χ0v) is 18.8. The third kappa shape index (κ3) is 1.34. The van der Waals surface area contributed by atoms with Gasteiger partial charge >= 0.3 is 0 Å². The van der Waals surface area contributed by atoms with Gasteiger partial charge in [-0.15, -0.1) is 0 Å². The summed E-state index contributed by atoms with van der Waals surface area (Å²) in [4.78, 5) is 13.7. The number of hydrogen-bond acceptors (Lipinski definition) is 1. The van der Waals surface area contributed by atoms with E-state index in [0.29, 0.717) is 5.78 Å². The van der Waals surface area contributed by atoms with Gasteiger partial charge in [0.25, 0.3) is 0 Å². The summed E-state index contributed by atoms with van der Waals surface area (Å²) in [6.45, 7) is 19.9. The second-order valence-corrected chi connectivity index (χ2v) is 10.4. The van der Waals surface area contributed by atoms with E-state index in [-0.39, 0.29) is 22.2 Å². The van der Waals surface area contributed by atoms with Crippen LogP contribution in [0.15, 0.2) is 93.2 Å². The highest BCUT2D eigenvalue weighted by Crippen LogP contribution is 2.91. The Hall–Kier alpha value is -2.41. The fourth-order valence-corrected chi connectivity index (χ4v) is 9.26. The molecule has 152 valence electrons. The van der Waals surface area contributed by atoms with Crippen molar-refractivity contribution in [2.24, 2.45) is 22.2 Å². The Morgan fingerprint density at radius 1 is 0.900 bits per heavy atom. The summed E-state index contributed by atoms with van der Waals surface area (Å²) in [5, 5.41) is 0. The summed E-state index contributed by atoms with van der Waals surface area (Å²) >= 11 is 0. The van der Waals surface area contributed by atoms with Gasteiger partial charge in [0.15, 0.2) is 0 Å². The van der Waals surface area contributed by atoms with Crippen LogP contribution < -0.4 is 0 Å². The fourth-order valence-electron chi connectivity index (χ4n) is 9.26. The van der Waals surface area contributed by atoms with Crippen LogP contribution in [0.3, 0.4) is 0 Å². The Bertz CT molecular complexity index is 1220. The molecule has 0 radical (unpaired) electrons. The number of Topliss-reactive ketones (excluding diaryl/α,β-unsaturated/α-hetero) is 1. The molecule has 4 atom stereocenters. The van der Waals surface area contributed by atoms with Crippen molar-refractivity contribution in [1.82, 2.24) is 0 Å². The minimum absolute atomic E-state index is 0.0473. The number of rotatable bonds is 2. The van der Waals surface area contributed by atoms with E-state index in [0.717, 1.165) is 19.3 Å². The Labute approximate surface area is 180 Å². The lowest BCUT2D eigenvalue weighted by Crippen LogP contribution is -2.77. The molecule has 0 heterocycles. The minimum atomic E-state index is -0.262. The molecule has 30 heavy (non-hydrogen) atoms. The number of fused-ring (bicyclic) bond motifs is 1. The van der Waals surface area contributed by atoms with Crippen LogP contribution in [0.1, 0.15) is 53.9 Å². The largest absolute Gasteiger partial charge is 0.299 e. The first-order valence-electron chi connectivity index (χ1n) is 11.3. The van der Waals surface area contributed by atoms with Crippen LogP contribution in [0.4, 0.5) is 0 Å². The summed E-state index contributed by atoms with van der Waals surface area (Å²) in [5.74, 6) is 0.514. The molecule has 0 aromatic carbocycles. The smallest absolute Gasteiger partial charge is 0.137 e. The van der Waals surface area contributed by atoms with Crippen molar-refractivity contribution in [3.05, 3.63) is 93.2 Å². The lowest BCUT2D eigenvalue weighted by molar-refractivity contribution is -0.204. The van der Waals surface area contributed by atoms with Crippen molar-refractivity contribution in [3.8, 4) is 0 Å². The molecule has 0 bridgehead atoms. The highest BCUT2D eigenvalue weighted by Gasteiger charge is 2.87. The molecule has 2 fully saturated rings. The molecular weight excluding hydrogens is 364 g/mol. The molecule has 6 rings (SSSR count). The summed E-state index contributed by atoms with van der Waals surface area (Å²) in [6.07, 6.45) is 11.6. The van der Waals surface area contributed by atoms with Crippen LogP contribution in [0, 0.1) is 22.2 Å². The van der Waals surface area contributed by atoms with E-state index in [1.54, 1.807) is 0 Å². The molecule has 6 aliphatic rings. The molecule has 0 saturated heterocycles. The number of carbonyl (C=O) groups is 1. The molecule has 4 unspecified atom stereocenters. The number of hydrogen-bond donors (Lipinski definition) is 0. The van der Waals surface area contributed by atoms with E-state index >= 15 is 0 Å². The molecule has 0 amide bonds. The quantitative estimate of drug-likeness (QED) is 0.498. The number of allylic oxidation sites excluding steroid dienone is 14. The third-order valence-corrected chi connectivity index (χ3v) is 9.83. The van der Waals surface area contributed by atoms with Crippen LogP contribution in [-0.2, 0) is 4.79 Å². The molecule has 1 heteroatoms. The van der Waals surface area contributed by atoms with E-state index in [2.05, 4.69) is 66.0 Å². The summed E-state index contributed by atoms with van der Waals surface area (Å²) < 4.78 is 0. The second kappa shape index (κ2) is 5.07. The standard InChI is InChI=1S/C29H30O/c1-8-19-17(5)24-15(3)16(4)25-18(6)20(9-2)22-13-12-21(19)28(24)26-23(30)11-10-14-27(26,7)29(22,25)28/h8-9,12-13,26H,1-2,10-11,14H2,3-7H3. The van der Waals surface area contributed by atoms with E-state index in [9.17, 15) is 4.79 Å². The van der Waals surface area contributed by atoms with Gasteiger partial charge in [0.05, 0.1) is 0 Å². The first kappa shape index (κ1) is 18.4. The van der Waals surface area contributed by atoms with Gasteiger partial charge in [-0.2, -0.15) is 0 Å². The van der Waals surface area contributed by atoms with Gasteiger partial charge in [0, 0.05) is 23.2 Å². The number of ketones is 1. The Morgan fingerprint density at radius 3 is 2.13 bits per heavy atom. The van der Waals surface area contributed by atoms with Crippen molar-refractivity contribution in [2.45, 2.75) is 53.9 Å². The maximum Gasteiger partial charge on any atom is 0.137 e. The Balaban J connectivity index is 1.91. The van der Waals surface area contributed by atoms with Gasteiger partial charge in [0.2, 0.25) is 0 Å². The molecule has 0 aliphatic heterocycles. The maximum absolute atomic E-state index is 13.7. The SMILES string of the molecule is C=CC1=C2C=CC3=C(C=C)C(C)=C4C(C)=C(C)C(=C1C)C21C2C(=O)CCCC2(C)C341. The van der Waals surface area contributed by atoms with Gasteiger partial charge in [-0.05, 0) is 102 Å². The van der Waals surface area contributed by atoms with E-state index < -0.39 is 0 Å². The van der Waals surface area contributed by atoms with Crippen molar-refractivity contribution in [2.75, 3.05) is 0 Å². The lowest BCUT2D eigenvalue weighted by Gasteiger charge is -2.79. The summed E-state index contributed by atoms with van der Waals surface area (Å²) in [7, 11) is 0. The maximum atomic E-state index is 13.7. The molecular formula is C29H30O. The molecule has 2 spiro atoms. The molecule has 6 aliphatic carbocycles. The van der Waals surface area contributed by atoms with Crippen molar-refractivity contribution in [3.63, 3.8) is 0 Å². The number of carbonyl (C=O) groups excluding carboxylic acids is 1. The monoisotopic (exact) mass is 394 g/mol. The average molecular weight is 395 g/mol. The summed E-state index contributed by atoms with van der Waals surface area (Å²) in [6, 6.07) is 0. The minimum Gasteiger partial charge on any atom is -0.299 e. The Morgan fingerprint density at radius 2 is 1.47 bits per heavy atom. The third-order valence-electron chi connectivity index (χ3n) is 9.83. The van der Waals surface area contributed by atoms with Gasteiger partial charge in [-0.25, -0.2) is 0 Å². The van der Waals surface area contributed by atoms with Crippen molar-refractivity contribution >= 4 is 5.78 Å². The van der Waals surface area contributed by atoms with Gasteiger partial charge < -0.3 is 0 Å². The predicted octanol–water partition coefficient (Wildman–Crippen LogP) is 6.89. The van der Waals surface area contributed by atoms with Crippen LogP contribution in [0.25, 0.3) is 0 Å². The van der Waals surface area contributed by atoms with Gasteiger partial charge in [-0.1, -0.05) is 44.4 Å². The average Bonchev–Trinajstić information content (AvgIpc) is 3.13. The van der Waals surface area contributed by atoms with E-state index in [1.165, 1.54) is 55.7 Å². The zero-order valence-electron chi connectivity index (χ0n) is 18.8. The first-order chi connectivity index (χ1) is 14.3. The highest BCUT2D eigenvalue weighted by atomic mass is 16.1. The Kier molecular flexibility index (Phi) is 3.11. The van der Waals surface area contributed by atoms with Gasteiger partial charge in [-0.3, -0.25) is 4.79 Å². The molecule has 1 nitrogen and oxygen atoms in total. The fraction of sp³-hybridized carbons (Fsp3) is 0.414. The normalized spacial score (nSPS) is 40.7. The lowest BCUT2D eigenvalue weighted by atomic mass is 9.21. The van der Waals surface area contributed by atoms with Crippen molar-refractivity contribution in [1.29, 1.82) is 0 Å². The van der Waals surface area contributed by atoms with Crippen LogP contribution >= 0.6 is 0 Å². The van der Waals surface area contributed by atoms with E-state index in [1.807, 2.05) is 6.08 Å². The summed E-state index contributed by atoms with van der Waals surface area (Å²) in [5.41, 5.74) is 13.2. The first-order valence-corrected chi connectivity index (χ1v) is 11.3. The van der Waals surface area contributed by atoms with Crippen LogP contribution in [-0.4, -0.2) is 5.78 Å². The van der Waals surface area contributed by atoms with Gasteiger partial charge in [0.1, 0.15) is 5.78 Å². The molecule has 2 saturated carbocycles. The topological polar surface area (TPSA) is 17.1 Å². The molecule has 0 aromatic heterocycles. The second-order valence-electron chi connectivity index (χ2n) is 10.4. The van der Waals surface area contributed by atoms with Crippen LogP contribution in [0.5, 0.6) is 0 Å².